The van der Waals surface area contributed by atoms with E-state index in [2.05, 4.69) is 20.0 Å². The van der Waals surface area contributed by atoms with E-state index in [1.165, 1.54) is 0 Å². The van der Waals surface area contributed by atoms with Gasteiger partial charge in [0.2, 0.25) is 5.89 Å². The van der Waals surface area contributed by atoms with Crippen LogP contribution in [0, 0.1) is 13.8 Å². The maximum absolute atomic E-state index is 12.7. The first-order valence-electron chi connectivity index (χ1n) is 8.35. The number of pyridine rings is 1. The standard InChI is InChI=1S/C17H20N6O2/c1-12-3-4-16-19-14(10-23(16)9-12)17(24)22-7-5-21(6-8-22)11-15-18-13(2)25-20-15/h3-4,9-10H,5-8,11H2,1-2H3. The van der Waals surface area contributed by atoms with Crippen LogP contribution in [0.3, 0.4) is 0 Å². The molecule has 1 saturated heterocycles. The first-order chi connectivity index (χ1) is 12.1. The van der Waals surface area contributed by atoms with Gasteiger partial charge < -0.3 is 13.8 Å². The predicted octanol–water partition coefficient (Wildman–Crippen LogP) is 1.29. The van der Waals surface area contributed by atoms with E-state index in [4.69, 9.17) is 4.52 Å². The number of imidazole rings is 1. The summed E-state index contributed by atoms with van der Waals surface area (Å²) in [7, 11) is 0. The highest BCUT2D eigenvalue weighted by Gasteiger charge is 2.24. The molecule has 0 aromatic carbocycles. The third-order valence-corrected chi connectivity index (χ3v) is 4.41. The molecule has 130 valence electrons. The van der Waals surface area contributed by atoms with E-state index in [0.29, 0.717) is 37.0 Å². The van der Waals surface area contributed by atoms with Gasteiger partial charge in [-0.3, -0.25) is 9.69 Å². The van der Waals surface area contributed by atoms with Gasteiger partial charge in [-0.15, -0.1) is 0 Å². The van der Waals surface area contributed by atoms with E-state index in [1.54, 1.807) is 13.1 Å². The molecule has 0 spiro atoms. The third-order valence-electron chi connectivity index (χ3n) is 4.41. The molecule has 3 aromatic rings. The minimum absolute atomic E-state index is 0.0172. The number of hydrogen-bond acceptors (Lipinski definition) is 6. The normalized spacial score (nSPS) is 15.8. The second kappa shape index (κ2) is 6.29. The number of piperazine rings is 1. The number of aromatic nitrogens is 4. The van der Waals surface area contributed by atoms with Gasteiger partial charge in [0.15, 0.2) is 5.82 Å². The Bertz CT molecular complexity index is 907. The monoisotopic (exact) mass is 340 g/mol. The molecule has 8 nitrogen and oxygen atoms in total. The van der Waals surface area contributed by atoms with Crippen LogP contribution in [0.5, 0.6) is 0 Å². The third kappa shape index (κ3) is 3.25. The molecule has 0 N–H and O–H groups in total. The van der Waals surface area contributed by atoms with E-state index in [-0.39, 0.29) is 5.91 Å². The molecular formula is C17H20N6O2. The molecule has 4 heterocycles. The van der Waals surface area contributed by atoms with Crippen LogP contribution in [0.1, 0.15) is 27.8 Å². The number of carbonyl (C=O) groups is 1. The van der Waals surface area contributed by atoms with E-state index in [9.17, 15) is 4.79 Å². The molecule has 4 rings (SSSR count). The van der Waals surface area contributed by atoms with Crippen molar-refractivity contribution in [2.45, 2.75) is 20.4 Å². The maximum atomic E-state index is 12.7. The second-order valence-electron chi connectivity index (χ2n) is 6.40. The van der Waals surface area contributed by atoms with Crippen molar-refractivity contribution < 1.29 is 9.32 Å². The lowest BCUT2D eigenvalue weighted by molar-refractivity contribution is 0.0619. The van der Waals surface area contributed by atoms with Crippen LogP contribution in [0.4, 0.5) is 0 Å². The SMILES string of the molecule is Cc1ccc2nc(C(=O)N3CCN(Cc4noc(C)n4)CC3)cn2c1. The highest BCUT2D eigenvalue weighted by atomic mass is 16.5. The van der Waals surface area contributed by atoms with Gasteiger partial charge in [0.05, 0.1) is 6.54 Å². The van der Waals surface area contributed by atoms with Crippen molar-refractivity contribution in [3.05, 3.63) is 47.5 Å². The minimum Gasteiger partial charge on any atom is -0.340 e. The average molecular weight is 340 g/mol. The van der Waals surface area contributed by atoms with Crippen LogP contribution >= 0.6 is 0 Å². The lowest BCUT2D eigenvalue weighted by atomic mass is 10.3. The molecule has 8 heteroatoms. The Kier molecular flexibility index (Phi) is 3.96. The summed E-state index contributed by atoms with van der Waals surface area (Å²) >= 11 is 0. The zero-order chi connectivity index (χ0) is 17.4. The van der Waals surface area contributed by atoms with E-state index in [1.807, 2.05) is 34.6 Å². The zero-order valence-corrected chi connectivity index (χ0v) is 14.3. The number of amides is 1. The van der Waals surface area contributed by atoms with Gasteiger partial charge in [0.1, 0.15) is 11.3 Å². The molecule has 0 saturated carbocycles. The Morgan fingerprint density at radius 1 is 1.12 bits per heavy atom. The summed E-state index contributed by atoms with van der Waals surface area (Å²) < 4.78 is 6.90. The van der Waals surface area contributed by atoms with Gasteiger partial charge >= 0.3 is 0 Å². The summed E-state index contributed by atoms with van der Waals surface area (Å²) in [6.07, 6.45) is 3.78. The smallest absolute Gasteiger partial charge is 0.274 e. The summed E-state index contributed by atoms with van der Waals surface area (Å²) in [6, 6.07) is 3.92. The van der Waals surface area contributed by atoms with Crippen LogP contribution in [0.15, 0.2) is 29.0 Å². The molecule has 0 unspecified atom stereocenters. The van der Waals surface area contributed by atoms with Gasteiger partial charge in [0.25, 0.3) is 5.91 Å². The lowest BCUT2D eigenvalue weighted by Gasteiger charge is -2.33. The average Bonchev–Trinajstić information content (AvgIpc) is 3.20. The molecule has 0 aliphatic carbocycles. The van der Waals surface area contributed by atoms with Crippen molar-refractivity contribution >= 4 is 11.6 Å². The fraction of sp³-hybridized carbons (Fsp3) is 0.412. The lowest BCUT2D eigenvalue weighted by Crippen LogP contribution is -2.48. The van der Waals surface area contributed by atoms with Crippen molar-refractivity contribution in [1.29, 1.82) is 0 Å². The van der Waals surface area contributed by atoms with Gasteiger partial charge in [-0.1, -0.05) is 11.2 Å². The van der Waals surface area contributed by atoms with Crippen molar-refractivity contribution in [3.63, 3.8) is 0 Å². The number of nitrogens with zero attached hydrogens (tertiary/aromatic N) is 6. The van der Waals surface area contributed by atoms with E-state index in [0.717, 1.165) is 24.3 Å². The van der Waals surface area contributed by atoms with Crippen LogP contribution < -0.4 is 0 Å². The molecule has 1 amide bonds. The summed E-state index contributed by atoms with van der Waals surface area (Å²) in [5.74, 6) is 1.25. The minimum atomic E-state index is -0.0172. The molecular weight excluding hydrogens is 320 g/mol. The molecule has 0 bridgehead atoms. The number of carbonyl (C=O) groups excluding carboxylic acids is 1. The first kappa shape index (κ1) is 15.8. The van der Waals surface area contributed by atoms with Crippen LogP contribution in [0.25, 0.3) is 5.65 Å². The molecule has 0 atom stereocenters. The highest BCUT2D eigenvalue weighted by Crippen LogP contribution is 2.12. The summed E-state index contributed by atoms with van der Waals surface area (Å²) in [6.45, 7) is 7.35. The first-order valence-corrected chi connectivity index (χ1v) is 8.35. The van der Waals surface area contributed by atoms with Gasteiger partial charge in [-0.2, -0.15) is 4.98 Å². The fourth-order valence-corrected chi connectivity index (χ4v) is 3.08. The Hall–Kier alpha value is -2.74. The van der Waals surface area contributed by atoms with Crippen LogP contribution in [0.2, 0.25) is 0 Å². The molecule has 0 radical (unpaired) electrons. The predicted molar refractivity (Wildman–Crippen MR) is 90.1 cm³/mol. The molecule has 1 aliphatic rings. The van der Waals surface area contributed by atoms with Crippen molar-refractivity contribution in [1.82, 2.24) is 29.3 Å². The fourth-order valence-electron chi connectivity index (χ4n) is 3.08. The highest BCUT2D eigenvalue weighted by molar-refractivity contribution is 5.93. The largest absolute Gasteiger partial charge is 0.340 e. The summed E-state index contributed by atoms with van der Waals surface area (Å²) in [5.41, 5.74) is 2.42. The number of aryl methyl sites for hydroxylation is 2. The topological polar surface area (TPSA) is 79.8 Å². The quantitative estimate of drug-likeness (QED) is 0.715. The summed E-state index contributed by atoms with van der Waals surface area (Å²) in [5, 5.41) is 3.92. The molecule has 25 heavy (non-hydrogen) atoms. The van der Waals surface area contributed by atoms with Gasteiger partial charge in [-0.05, 0) is 18.6 Å². The van der Waals surface area contributed by atoms with Crippen LogP contribution in [-0.2, 0) is 6.54 Å². The van der Waals surface area contributed by atoms with Crippen LogP contribution in [-0.4, -0.2) is 61.4 Å². The number of hydrogen-bond donors (Lipinski definition) is 0. The zero-order valence-electron chi connectivity index (χ0n) is 14.3. The van der Waals surface area contributed by atoms with Gasteiger partial charge in [-0.25, -0.2) is 4.98 Å². The van der Waals surface area contributed by atoms with E-state index >= 15 is 0 Å². The van der Waals surface area contributed by atoms with Crippen molar-refractivity contribution in [2.75, 3.05) is 26.2 Å². The molecule has 3 aromatic heterocycles. The Balaban J connectivity index is 1.40. The van der Waals surface area contributed by atoms with Gasteiger partial charge in [0, 0.05) is 45.5 Å². The van der Waals surface area contributed by atoms with Crippen molar-refractivity contribution in [3.8, 4) is 0 Å². The Morgan fingerprint density at radius 3 is 2.64 bits per heavy atom. The number of fused-ring (bicyclic) bond motifs is 1. The maximum Gasteiger partial charge on any atom is 0.274 e. The molecule has 1 aliphatic heterocycles. The number of rotatable bonds is 3. The van der Waals surface area contributed by atoms with Crippen molar-refractivity contribution in [2.24, 2.45) is 0 Å². The Labute approximate surface area is 145 Å². The second-order valence-corrected chi connectivity index (χ2v) is 6.40. The molecule has 1 fully saturated rings. The Morgan fingerprint density at radius 2 is 1.92 bits per heavy atom. The summed E-state index contributed by atoms with van der Waals surface area (Å²) in [4.78, 5) is 25.5. The van der Waals surface area contributed by atoms with E-state index < -0.39 is 0 Å².